The molecule has 1 aliphatic heterocycles. The molecule has 1 aliphatic rings. The Balaban J connectivity index is 2.52. The molecule has 0 spiro atoms. The standard InChI is InChI=1S/C15H15N3O5S/c1-3-16-13(20)10(14(21)17(4-2)15(16)24)7-9-5-6-12(19)11(8-9)18(22)23/h5-8,19H,3-4H2,1-2H3. The number of hydrogen-bond acceptors (Lipinski definition) is 6. The average Bonchev–Trinajstić information content (AvgIpc) is 2.53. The number of benzene rings is 1. The van der Waals surface area contributed by atoms with Gasteiger partial charge in [-0.25, -0.2) is 0 Å². The Labute approximate surface area is 143 Å². The molecule has 0 unspecified atom stereocenters. The molecule has 1 saturated heterocycles. The summed E-state index contributed by atoms with van der Waals surface area (Å²) in [6.45, 7) is 4.07. The first kappa shape index (κ1) is 17.5. The topological polar surface area (TPSA) is 104 Å². The van der Waals surface area contributed by atoms with Gasteiger partial charge in [0.2, 0.25) is 0 Å². The van der Waals surface area contributed by atoms with Crippen molar-refractivity contribution in [1.82, 2.24) is 9.80 Å². The highest BCUT2D eigenvalue weighted by Crippen LogP contribution is 2.28. The van der Waals surface area contributed by atoms with Gasteiger partial charge in [0, 0.05) is 19.2 Å². The van der Waals surface area contributed by atoms with Gasteiger partial charge in [0.05, 0.1) is 4.92 Å². The summed E-state index contributed by atoms with van der Waals surface area (Å²) in [4.78, 5) is 37.7. The van der Waals surface area contributed by atoms with Crippen LogP contribution >= 0.6 is 12.2 Å². The molecular weight excluding hydrogens is 334 g/mol. The molecule has 0 aliphatic carbocycles. The van der Waals surface area contributed by atoms with Crippen molar-refractivity contribution in [2.75, 3.05) is 13.1 Å². The Bertz CT molecular complexity index is 746. The zero-order chi connectivity index (χ0) is 18.0. The first-order valence-corrected chi connectivity index (χ1v) is 7.59. The fourth-order valence-corrected chi connectivity index (χ4v) is 2.75. The van der Waals surface area contributed by atoms with Crippen molar-refractivity contribution in [2.45, 2.75) is 13.8 Å². The maximum Gasteiger partial charge on any atom is 0.311 e. The lowest BCUT2D eigenvalue weighted by Crippen LogP contribution is -2.55. The molecule has 2 amide bonds. The maximum atomic E-state index is 12.5. The van der Waals surface area contributed by atoms with Crippen LogP contribution < -0.4 is 0 Å². The normalized spacial score (nSPS) is 15.1. The molecule has 1 fully saturated rings. The van der Waals surface area contributed by atoms with Gasteiger partial charge in [-0.1, -0.05) is 6.07 Å². The second-order valence-corrected chi connectivity index (χ2v) is 5.31. The van der Waals surface area contributed by atoms with E-state index in [4.69, 9.17) is 12.2 Å². The third-order valence-electron chi connectivity index (χ3n) is 3.55. The lowest BCUT2D eigenvalue weighted by atomic mass is 10.1. The molecule has 0 radical (unpaired) electrons. The van der Waals surface area contributed by atoms with Crippen molar-refractivity contribution in [3.63, 3.8) is 0 Å². The van der Waals surface area contributed by atoms with Crippen molar-refractivity contribution < 1.29 is 19.6 Å². The van der Waals surface area contributed by atoms with E-state index in [0.717, 1.165) is 12.1 Å². The van der Waals surface area contributed by atoms with Crippen LogP contribution in [0.2, 0.25) is 0 Å². The van der Waals surface area contributed by atoms with Crippen molar-refractivity contribution in [1.29, 1.82) is 0 Å². The quantitative estimate of drug-likeness (QED) is 0.292. The van der Waals surface area contributed by atoms with Gasteiger partial charge in [0.15, 0.2) is 10.9 Å². The summed E-state index contributed by atoms with van der Waals surface area (Å²) in [5, 5.41) is 20.5. The summed E-state index contributed by atoms with van der Waals surface area (Å²) < 4.78 is 0. The highest BCUT2D eigenvalue weighted by molar-refractivity contribution is 7.80. The van der Waals surface area contributed by atoms with E-state index in [1.54, 1.807) is 13.8 Å². The molecule has 1 aromatic carbocycles. The van der Waals surface area contributed by atoms with Gasteiger partial charge in [-0.3, -0.25) is 29.5 Å². The SMILES string of the molecule is CCN1C(=O)C(=Cc2ccc(O)c([N+](=O)[O-])c2)C(=O)N(CC)C1=S. The fourth-order valence-electron chi connectivity index (χ4n) is 2.33. The number of carbonyl (C=O) groups is 2. The molecule has 24 heavy (non-hydrogen) atoms. The summed E-state index contributed by atoms with van der Waals surface area (Å²) in [5.41, 5.74) is -0.376. The Morgan fingerprint density at radius 3 is 2.21 bits per heavy atom. The lowest BCUT2D eigenvalue weighted by molar-refractivity contribution is -0.385. The van der Waals surface area contributed by atoms with Gasteiger partial charge in [-0.15, -0.1) is 0 Å². The van der Waals surface area contributed by atoms with Crippen LogP contribution in [0.4, 0.5) is 5.69 Å². The number of thiocarbonyl (C=S) groups is 1. The first-order chi connectivity index (χ1) is 11.3. The Morgan fingerprint density at radius 1 is 1.21 bits per heavy atom. The third-order valence-corrected chi connectivity index (χ3v) is 3.99. The number of nitrogens with zero attached hydrogens (tertiary/aromatic N) is 3. The predicted molar refractivity (Wildman–Crippen MR) is 90.1 cm³/mol. The molecule has 1 heterocycles. The van der Waals surface area contributed by atoms with E-state index in [0.29, 0.717) is 13.1 Å². The molecular formula is C15H15N3O5S. The molecule has 0 bridgehead atoms. The largest absolute Gasteiger partial charge is 0.502 e. The van der Waals surface area contributed by atoms with Crippen LogP contribution in [0.1, 0.15) is 19.4 Å². The highest BCUT2D eigenvalue weighted by Gasteiger charge is 2.37. The van der Waals surface area contributed by atoms with Gasteiger partial charge >= 0.3 is 5.69 Å². The van der Waals surface area contributed by atoms with E-state index in [1.165, 1.54) is 21.9 Å². The van der Waals surface area contributed by atoms with Crippen molar-refractivity contribution in [3.05, 3.63) is 39.4 Å². The van der Waals surface area contributed by atoms with Crippen LogP contribution in [0.3, 0.4) is 0 Å². The smallest absolute Gasteiger partial charge is 0.311 e. The molecule has 0 saturated carbocycles. The maximum absolute atomic E-state index is 12.5. The summed E-state index contributed by atoms with van der Waals surface area (Å²) in [6, 6.07) is 3.62. The zero-order valence-corrected chi connectivity index (χ0v) is 13.9. The van der Waals surface area contributed by atoms with Crippen molar-refractivity contribution in [3.8, 4) is 5.75 Å². The number of amides is 2. The number of likely N-dealkylation sites (N-methyl/N-ethyl adjacent to an activating group) is 2. The lowest BCUT2D eigenvalue weighted by Gasteiger charge is -2.35. The van der Waals surface area contributed by atoms with E-state index >= 15 is 0 Å². The van der Waals surface area contributed by atoms with Crippen LogP contribution in [-0.4, -0.2) is 49.8 Å². The summed E-state index contributed by atoms with van der Waals surface area (Å²) in [6.07, 6.45) is 1.27. The predicted octanol–water partition coefficient (Wildman–Crippen LogP) is 1.68. The van der Waals surface area contributed by atoms with Gasteiger partial charge < -0.3 is 5.11 Å². The zero-order valence-electron chi connectivity index (χ0n) is 13.1. The number of aromatic hydroxyl groups is 1. The second-order valence-electron chi connectivity index (χ2n) is 4.94. The van der Waals surface area contributed by atoms with Crippen molar-refractivity contribution >= 4 is 40.9 Å². The Morgan fingerprint density at radius 2 is 1.75 bits per heavy atom. The van der Waals surface area contributed by atoms with E-state index in [9.17, 15) is 24.8 Å². The van der Waals surface area contributed by atoms with Crippen LogP contribution in [0.15, 0.2) is 23.8 Å². The summed E-state index contributed by atoms with van der Waals surface area (Å²) in [5.74, 6) is -1.59. The van der Waals surface area contributed by atoms with Gasteiger partial charge in [0.25, 0.3) is 11.8 Å². The van der Waals surface area contributed by atoms with E-state index in [-0.39, 0.29) is 16.2 Å². The Kier molecular flexibility index (Phi) is 4.93. The molecule has 0 atom stereocenters. The van der Waals surface area contributed by atoms with Gasteiger partial charge in [-0.2, -0.15) is 0 Å². The van der Waals surface area contributed by atoms with E-state index in [2.05, 4.69) is 0 Å². The number of nitro benzene ring substituents is 1. The fraction of sp³-hybridized carbons (Fsp3) is 0.267. The minimum atomic E-state index is -0.742. The average molecular weight is 349 g/mol. The van der Waals surface area contributed by atoms with Crippen LogP contribution in [0.5, 0.6) is 5.75 Å². The second kappa shape index (κ2) is 6.75. The summed E-state index contributed by atoms with van der Waals surface area (Å²) >= 11 is 5.15. The molecule has 1 aromatic rings. The van der Waals surface area contributed by atoms with Gasteiger partial charge in [-0.05, 0) is 43.8 Å². The molecule has 0 aromatic heterocycles. The van der Waals surface area contributed by atoms with E-state index < -0.39 is 28.2 Å². The van der Waals surface area contributed by atoms with Crippen LogP contribution in [0.25, 0.3) is 6.08 Å². The Hall–Kier alpha value is -2.81. The monoisotopic (exact) mass is 349 g/mol. The van der Waals surface area contributed by atoms with Crippen LogP contribution in [-0.2, 0) is 9.59 Å². The minimum Gasteiger partial charge on any atom is -0.502 e. The van der Waals surface area contributed by atoms with Crippen molar-refractivity contribution in [2.24, 2.45) is 0 Å². The number of nitro groups is 1. The van der Waals surface area contributed by atoms with Crippen LogP contribution in [0, 0.1) is 10.1 Å². The number of rotatable bonds is 4. The van der Waals surface area contributed by atoms with Gasteiger partial charge in [0.1, 0.15) is 5.57 Å². The number of carbonyl (C=O) groups excluding carboxylic acids is 2. The molecule has 2 rings (SSSR count). The first-order valence-electron chi connectivity index (χ1n) is 7.18. The number of hydrogen-bond donors (Lipinski definition) is 1. The summed E-state index contributed by atoms with van der Waals surface area (Å²) in [7, 11) is 0. The molecule has 126 valence electrons. The molecule has 1 N–H and O–H groups in total. The number of phenolic OH excluding ortho intramolecular Hbond substituents is 1. The number of phenols is 1. The van der Waals surface area contributed by atoms with E-state index in [1.807, 2.05) is 0 Å². The highest BCUT2D eigenvalue weighted by atomic mass is 32.1. The minimum absolute atomic E-state index is 0.132. The molecule has 8 nitrogen and oxygen atoms in total. The third kappa shape index (κ3) is 2.98. The molecule has 9 heteroatoms.